The minimum atomic E-state index is -1.78. The molecule has 0 spiro atoms. The smallest absolute Gasteiger partial charge is 0.170 e. The van der Waals surface area contributed by atoms with Gasteiger partial charge in [0.2, 0.25) is 0 Å². The van der Waals surface area contributed by atoms with Crippen LogP contribution in [0.3, 0.4) is 0 Å². The zero-order valence-electron chi connectivity index (χ0n) is 16.5. The Morgan fingerprint density at radius 2 is 0.862 bits per heavy atom. The highest BCUT2D eigenvalue weighted by Gasteiger charge is 2.45. The third-order valence-corrected chi connectivity index (χ3v) is 8.84. The van der Waals surface area contributed by atoms with Gasteiger partial charge in [-0.1, -0.05) is 84.9 Å². The van der Waals surface area contributed by atoms with E-state index in [1.165, 1.54) is 28.0 Å². The van der Waals surface area contributed by atoms with Crippen molar-refractivity contribution in [3.05, 3.63) is 121 Å². The van der Waals surface area contributed by atoms with Crippen molar-refractivity contribution < 1.29 is 9.84 Å². The van der Waals surface area contributed by atoms with E-state index in [9.17, 15) is 5.11 Å². The summed E-state index contributed by atoms with van der Waals surface area (Å²) in [5, 5.41) is 14.3. The summed E-state index contributed by atoms with van der Waals surface area (Å²) in [6.45, 7) is 0. The summed E-state index contributed by atoms with van der Waals surface area (Å²) in [6.07, 6.45) is 0.713. The second-order valence-electron chi connectivity index (χ2n) is 6.55. The highest BCUT2D eigenvalue weighted by molar-refractivity contribution is 7.95. The Hall–Kier alpha value is -2.93. The topological polar surface area (TPSA) is 32.3 Å². The van der Waals surface area contributed by atoms with E-state index in [4.69, 9.17) is 4.74 Å². The summed E-state index contributed by atoms with van der Waals surface area (Å²) in [5.74, 6) is 0.0718. The Morgan fingerprint density at radius 1 is 0.552 bits per heavy atom. The van der Waals surface area contributed by atoms with Gasteiger partial charge in [-0.05, 0) is 36.4 Å². The van der Waals surface area contributed by atoms with Crippen molar-refractivity contribution >= 4 is 23.2 Å². The van der Waals surface area contributed by atoms with Gasteiger partial charge in [0.15, 0.2) is 6.35 Å². The fourth-order valence-corrected chi connectivity index (χ4v) is 7.10. The standard InChI is InChI=1S/C20H20OP.C6H6O/c1-21-17-22(18-11-5-2-6-12-18,19-13-7-3-8-14-19)20-15-9-4-10-16-20;7-6-4-2-1-3-5-6/h2-16H,17H2,1H3;1-5,7H/q+1;/p-1. The first-order valence-electron chi connectivity index (χ1n) is 9.53. The van der Waals surface area contributed by atoms with Crippen molar-refractivity contribution in [2.75, 3.05) is 13.5 Å². The SMILES string of the molecule is COC[P+](c1ccccc1)(c1ccccc1)c1ccccc1.[O-]c1ccccc1. The Balaban J connectivity index is 0.000000290. The van der Waals surface area contributed by atoms with Crippen molar-refractivity contribution in [1.29, 1.82) is 0 Å². The van der Waals surface area contributed by atoms with Crippen LogP contribution in [0.1, 0.15) is 0 Å². The molecule has 0 saturated carbocycles. The van der Waals surface area contributed by atoms with Crippen molar-refractivity contribution in [3.8, 4) is 5.75 Å². The van der Waals surface area contributed by atoms with Gasteiger partial charge in [-0.15, -0.1) is 5.75 Å². The first-order chi connectivity index (χ1) is 14.3. The van der Waals surface area contributed by atoms with E-state index in [0.717, 1.165) is 0 Å². The normalized spacial score (nSPS) is 10.7. The fourth-order valence-electron chi connectivity index (χ4n) is 3.33. The number of para-hydroxylation sites is 1. The highest BCUT2D eigenvalue weighted by Crippen LogP contribution is 2.54. The van der Waals surface area contributed by atoms with Crippen LogP contribution in [0.4, 0.5) is 0 Å². The minimum Gasteiger partial charge on any atom is -0.872 e. The molecule has 0 atom stereocenters. The van der Waals surface area contributed by atoms with Crippen molar-refractivity contribution in [3.63, 3.8) is 0 Å². The number of rotatable bonds is 5. The Bertz CT molecular complexity index is 862. The van der Waals surface area contributed by atoms with Gasteiger partial charge in [-0.3, -0.25) is 0 Å². The molecule has 3 heteroatoms. The molecule has 0 radical (unpaired) electrons. The maximum atomic E-state index is 10.3. The molecule has 0 aliphatic carbocycles. The maximum Gasteiger partial charge on any atom is 0.170 e. The number of hydrogen-bond donors (Lipinski definition) is 0. The summed E-state index contributed by atoms with van der Waals surface area (Å²) in [4.78, 5) is 0. The van der Waals surface area contributed by atoms with Gasteiger partial charge in [0, 0.05) is 7.11 Å². The molecule has 0 saturated heterocycles. The van der Waals surface area contributed by atoms with Crippen LogP contribution in [0.2, 0.25) is 0 Å². The minimum absolute atomic E-state index is 0.0718. The van der Waals surface area contributed by atoms with Crippen LogP contribution in [-0.2, 0) is 4.74 Å². The summed E-state index contributed by atoms with van der Waals surface area (Å²) in [6, 6.07) is 40.6. The van der Waals surface area contributed by atoms with E-state index in [1.807, 2.05) is 6.07 Å². The summed E-state index contributed by atoms with van der Waals surface area (Å²) >= 11 is 0. The van der Waals surface area contributed by atoms with Crippen LogP contribution < -0.4 is 21.0 Å². The molecule has 0 amide bonds. The van der Waals surface area contributed by atoms with Gasteiger partial charge in [-0.2, -0.15) is 0 Å². The average molecular weight is 400 g/mol. The molecule has 4 aromatic rings. The molecule has 146 valence electrons. The zero-order valence-corrected chi connectivity index (χ0v) is 17.4. The first kappa shape index (κ1) is 20.8. The van der Waals surface area contributed by atoms with Gasteiger partial charge in [-0.25, -0.2) is 0 Å². The van der Waals surface area contributed by atoms with Crippen LogP contribution in [-0.4, -0.2) is 13.5 Å². The molecule has 0 unspecified atom stereocenters. The molecule has 0 fully saturated rings. The quantitative estimate of drug-likeness (QED) is 0.467. The molecule has 0 N–H and O–H groups in total. The predicted octanol–water partition coefficient (Wildman–Crippen LogP) is 4.34. The third kappa shape index (κ3) is 5.12. The average Bonchev–Trinajstić information content (AvgIpc) is 2.80. The molecule has 0 aromatic heterocycles. The maximum absolute atomic E-state index is 10.3. The van der Waals surface area contributed by atoms with E-state index < -0.39 is 7.26 Å². The van der Waals surface area contributed by atoms with Gasteiger partial charge < -0.3 is 9.84 Å². The van der Waals surface area contributed by atoms with Gasteiger partial charge in [0.1, 0.15) is 23.2 Å². The second-order valence-corrected chi connectivity index (χ2v) is 9.97. The highest BCUT2D eigenvalue weighted by atomic mass is 31.2. The molecule has 4 rings (SSSR count). The Labute approximate surface area is 173 Å². The van der Waals surface area contributed by atoms with Crippen molar-refractivity contribution in [1.82, 2.24) is 0 Å². The molecular formula is C26H25O2P. The zero-order chi connectivity index (χ0) is 20.4. The van der Waals surface area contributed by atoms with Crippen LogP contribution in [0.25, 0.3) is 0 Å². The van der Waals surface area contributed by atoms with Gasteiger partial charge in [0.05, 0.1) is 0 Å². The van der Waals surface area contributed by atoms with Crippen LogP contribution in [0.5, 0.6) is 5.75 Å². The van der Waals surface area contributed by atoms with Gasteiger partial charge in [0.25, 0.3) is 0 Å². The molecular weight excluding hydrogens is 375 g/mol. The van der Waals surface area contributed by atoms with E-state index in [1.54, 1.807) is 19.2 Å². The molecule has 4 aromatic carbocycles. The first-order valence-corrected chi connectivity index (χ1v) is 11.5. The summed E-state index contributed by atoms with van der Waals surface area (Å²) < 4.78 is 5.72. The summed E-state index contributed by atoms with van der Waals surface area (Å²) in [5.41, 5.74) is 0. The van der Waals surface area contributed by atoms with Crippen molar-refractivity contribution in [2.45, 2.75) is 0 Å². The van der Waals surface area contributed by atoms with Crippen LogP contribution in [0, 0.1) is 0 Å². The summed E-state index contributed by atoms with van der Waals surface area (Å²) in [7, 11) is 0.0197. The fraction of sp³-hybridized carbons (Fsp3) is 0.0769. The number of ether oxygens (including phenoxy) is 1. The third-order valence-electron chi connectivity index (χ3n) is 4.66. The molecule has 29 heavy (non-hydrogen) atoms. The van der Waals surface area contributed by atoms with E-state index in [-0.39, 0.29) is 5.75 Å². The monoisotopic (exact) mass is 400 g/mol. The lowest BCUT2D eigenvalue weighted by Gasteiger charge is -2.26. The lowest BCUT2D eigenvalue weighted by atomic mass is 10.3. The van der Waals surface area contributed by atoms with Crippen molar-refractivity contribution in [2.24, 2.45) is 0 Å². The van der Waals surface area contributed by atoms with Crippen LogP contribution >= 0.6 is 7.26 Å². The number of hydrogen-bond acceptors (Lipinski definition) is 2. The lowest BCUT2D eigenvalue weighted by Crippen LogP contribution is -2.33. The van der Waals surface area contributed by atoms with Crippen LogP contribution in [0.15, 0.2) is 121 Å². The Morgan fingerprint density at radius 3 is 1.10 bits per heavy atom. The second kappa shape index (κ2) is 10.6. The van der Waals surface area contributed by atoms with E-state index >= 15 is 0 Å². The predicted molar refractivity (Wildman–Crippen MR) is 123 cm³/mol. The Kier molecular flexibility index (Phi) is 7.58. The molecule has 0 aliphatic rings. The van der Waals surface area contributed by atoms with Gasteiger partial charge >= 0.3 is 0 Å². The van der Waals surface area contributed by atoms with E-state index in [0.29, 0.717) is 6.35 Å². The molecule has 0 bridgehead atoms. The van der Waals surface area contributed by atoms with E-state index in [2.05, 4.69) is 91.0 Å². The number of methoxy groups -OCH3 is 1. The molecule has 2 nitrogen and oxygen atoms in total. The molecule has 0 heterocycles. The lowest BCUT2D eigenvalue weighted by molar-refractivity contribution is -0.268. The molecule has 0 aliphatic heterocycles. The largest absolute Gasteiger partial charge is 0.872 e. The number of benzene rings is 4.